The summed E-state index contributed by atoms with van der Waals surface area (Å²) < 4.78 is 7.35. The Morgan fingerprint density at radius 1 is 1.41 bits per heavy atom. The van der Waals surface area contributed by atoms with Gasteiger partial charge in [0.2, 0.25) is 0 Å². The molecule has 2 aromatic rings. The fourth-order valence-corrected chi connectivity index (χ4v) is 1.69. The van der Waals surface area contributed by atoms with Crippen LogP contribution >= 0.6 is 15.9 Å². The first kappa shape index (κ1) is 11.9. The van der Waals surface area contributed by atoms with E-state index >= 15 is 0 Å². The molecule has 0 N–H and O–H groups in total. The maximum atomic E-state index is 11.1. The molecule has 0 bridgehead atoms. The number of hydrogen-bond donors (Lipinski definition) is 0. The molecule has 17 heavy (non-hydrogen) atoms. The average molecular weight is 295 g/mol. The number of aromatic nitrogens is 2. The SMILES string of the molecule is COC(=O)Cc1cnn(-c2ccc(Br)cc2)c1. The number of ether oxygens (including phenoxy) is 1. The first-order valence-corrected chi connectivity index (χ1v) is 5.84. The molecule has 0 aliphatic heterocycles. The normalized spacial score (nSPS) is 10.2. The van der Waals surface area contributed by atoms with Crippen LogP contribution in [0.5, 0.6) is 0 Å². The molecule has 0 fully saturated rings. The van der Waals surface area contributed by atoms with Gasteiger partial charge in [-0.15, -0.1) is 0 Å². The van der Waals surface area contributed by atoms with Gasteiger partial charge >= 0.3 is 5.97 Å². The van der Waals surface area contributed by atoms with Gasteiger partial charge in [-0.05, 0) is 24.3 Å². The van der Waals surface area contributed by atoms with Crippen molar-refractivity contribution in [3.05, 3.63) is 46.7 Å². The standard InChI is InChI=1S/C12H11BrN2O2/c1-17-12(16)6-9-7-14-15(8-9)11-4-2-10(13)3-5-11/h2-5,7-8H,6H2,1H3. The molecule has 4 nitrogen and oxygen atoms in total. The molecule has 0 unspecified atom stereocenters. The van der Waals surface area contributed by atoms with E-state index in [1.54, 1.807) is 10.9 Å². The summed E-state index contributed by atoms with van der Waals surface area (Å²) in [7, 11) is 1.38. The number of nitrogens with zero attached hydrogens (tertiary/aromatic N) is 2. The van der Waals surface area contributed by atoms with Gasteiger partial charge in [0, 0.05) is 16.2 Å². The van der Waals surface area contributed by atoms with Gasteiger partial charge in [0.05, 0.1) is 25.4 Å². The molecule has 0 atom stereocenters. The summed E-state index contributed by atoms with van der Waals surface area (Å²) in [5.74, 6) is -0.264. The van der Waals surface area contributed by atoms with Crippen LogP contribution in [0.4, 0.5) is 0 Å². The van der Waals surface area contributed by atoms with Crippen molar-refractivity contribution < 1.29 is 9.53 Å². The van der Waals surface area contributed by atoms with Crippen LogP contribution in [0.1, 0.15) is 5.56 Å². The van der Waals surface area contributed by atoms with E-state index in [1.165, 1.54) is 7.11 Å². The van der Waals surface area contributed by atoms with E-state index in [0.29, 0.717) is 0 Å². The molecule has 0 amide bonds. The molecule has 1 heterocycles. The molecule has 0 spiro atoms. The van der Waals surface area contributed by atoms with Crippen molar-refractivity contribution >= 4 is 21.9 Å². The molecule has 1 aromatic heterocycles. The van der Waals surface area contributed by atoms with Gasteiger partial charge in [-0.1, -0.05) is 15.9 Å². The van der Waals surface area contributed by atoms with E-state index in [9.17, 15) is 4.79 Å². The van der Waals surface area contributed by atoms with Crippen LogP contribution in [0.25, 0.3) is 5.69 Å². The maximum absolute atomic E-state index is 11.1. The van der Waals surface area contributed by atoms with Crippen LogP contribution in [0.15, 0.2) is 41.1 Å². The van der Waals surface area contributed by atoms with E-state index in [0.717, 1.165) is 15.7 Å². The minimum absolute atomic E-state index is 0.243. The Bertz CT molecular complexity index is 520. The fraction of sp³-hybridized carbons (Fsp3) is 0.167. The van der Waals surface area contributed by atoms with E-state index in [-0.39, 0.29) is 12.4 Å². The van der Waals surface area contributed by atoms with Crippen molar-refractivity contribution in [2.75, 3.05) is 7.11 Å². The maximum Gasteiger partial charge on any atom is 0.310 e. The van der Waals surface area contributed by atoms with Gasteiger partial charge in [0.25, 0.3) is 0 Å². The Labute approximate surface area is 107 Å². The van der Waals surface area contributed by atoms with E-state index < -0.39 is 0 Å². The summed E-state index contributed by atoms with van der Waals surface area (Å²) in [6, 6.07) is 7.77. The second-order valence-electron chi connectivity index (χ2n) is 3.52. The minimum atomic E-state index is -0.264. The van der Waals surface area contributed by atoms with Gasteiger partial charge in [0.1, 0.15) is 0 Å². The monoisotopic (exact) mass is 294 g/mol. The number of esters is 1. The van der Waals surface area contributed by atoms with E-state index in [4.69, 9.17) is 0 Å². The number of carbonyl (C=O) groups excluding carboxylic acids is 1. The highest BCUT2D eigenvalue weighted by molar-refractivity contribution is 9.10. The number of methoxy groups -OCH3 is 1. The van der Waals surface area contributed by atoms with Crippen LogP contribution in [0.3, 0.4) is 0 Å². The lowest BCUT2D eigenvalue weighted by atomic mass is 10.2. The molecule has 0 aliphatic rings. The number of carbonyl (C=O) groups is 1. The Morgan fingerprint density at radius 2 is 2.12 bits per heavy atom. The smallest absolute Gasteiger partial charge is 0.310 e. The summed E-state index contributed by atoms with van der Waals surface area (Å²) in [5, 5.41) is 4.20. The highest BCUT2D eigenvalue weighted by Gasteiger charge is 2.06. The minimum Gasteiger partial charge on any atom is -0.469 e. The highest BCUT2D eigenvalue weighted by atomic mass is 79.9. The van der Waals surface area contributed by atoms with Crippen molar-refractivity contribution in [3.8, 4) is 5.69 Å². The van der Waals surface area contributed by atoms with E-state index in [1.807, 2.05) is 30.5 Å². The van der Waals surface area contributed by atoms with Gasteiger partial charge in [0.15, 0.2) is 0 Å². The van der Waals surface area contributed by atoms with Crippen LogP contribution in [-0.4, -0.2) is 22.9 Å². The van der Waals surface area contributed by atoms with Crippen molar-refractivity contribution in [1.29, 1.82) is 0 Å². The van der Waals surface area contributed by atoms with Crippen LogP contribution in [0.2, 0.25) is 0 Å². The molecular weight excluding hydrogens is 284 g/mol. The van der Waals surface area contributed by atoms with Crippen molar-refractivity contribution in [3.63, 3.8) is 0 Å². The molecule has 1 aromatic carbocycles. The van der Waals surface area contributed by atoms with Crippen molar-refractivity contribution in [1.82, 2.24) is 9.78 Å². The summed E-state index contributed by atoms with van der Waals surface area (Å²) in [6.07, 6.45) is 3.73. The molecule has 0 radical (unpaired) electrons. The third-order valence-electron chi connectivity index (χ3n) is 2.30. The predicted molar refractivity (Wildman–Crippen MR) is 67.0 cm³/mol. The van der Waals surface area contributed by atoms with Crippen LogP contribution in [-0.2, 0) is 16.0 Å². The van der Waals surface area contributed by atoms with E-state index in [2.05, 4.69) is 25.8 Å². The number of halogens is 1. The third-order valence-corrected chi connectivity index (χ3v) is 2.83. The molecule has 0 saturated heterocycles. The second kappa shape index (κ2) is 5.14. The molecular formula is C12H11BrN2O2. The quantitative estimate of drug-likeness (QED) is 0.816. The van der Waals surface area contributed by atoms with Crippen molar-refractivity contribution in [2.45, 2.75) is 6.42 Å². The third kappa shape index (κ3) is 2.94. The van der Waals surface area contributed by atoms with Gasteiger partial charge in [-0.2, -0.15) is 5.10 Å². The number of hydrogen-bond acceptors (Lipinski definition) is 3. The van der Waals surface area contributed by atoms with Gasteiger partial charge in [-0.3, -0.25) is 4.79 Å². The largest absolute Gasteiger partial charge is 0.469 e. The Kier molecular flexibility index (Phi) is 3.58. The van der Waals surface area contributed by atoms with Crippen LogP contribution < -0.4 is 0 Å². The summed E-state index contributed by atoms with van der Waals surface area (Å²) in [4.78, 5) is 11.1. The molecule has 2 rings (SSSR count). The average Bonchev–Trinajstić information content (AvgIpc) is 2.78. The summed E-state index contributed by atoms with van der Waals surface area (Å²) in [5.41, 5.74) is 1.78. The topological polar surface area (TPSA) is 44.1 Å². The summed E-state index contributed by atoms with van der Waals surface area (Å²) in [6.45, 7) is 0. The number of rotatable bonds is 3. The lowest BCUT2D eigenvalue weighted by Crippen LogP contribution is -2.03. The molecule has 5 heteroatoms. The number of benzene rings is 1. The zero-order valence-electron chi connectivity index (χ0n) is 9.26. The lowest BCUT2D eigenvalue weighted by molar-refractivity contribution is -0.139. The predicted octanol–water partition coefficient (Wildman–Crippen LogP) is 2.35. The zero-order valence-corrected chi connectivity index (χ0v) is 10.8. The first-order chi connectivity index (χ1) is 8.19. The Hall–Kier alpha value is -1.62. The second-order valence-corrected chi connectivity index (χ2v) is 4.44. The first-order valence-electron chi connectivity index (χ1n) is 5.05. The lowest BCUT2D eigenvalue weighted by Gasteiger charge is -2.00. The van der Waals surface area contributed by atoms with Gasteiger partial charge < -0.3 is 4.74 Å². The fourth-order valence-electron chi connectivity index (χ4n) is 1.43. The van der Waals surface area contributed by atoms with Crippen LogP contribution in [0, 0.1) is 0 Å². The van der Waals surface area contributed by atoms with Crippen molar-refractivity contribution in [2.24, 2.45) is 0 Å². The summed E-state index contributed by atoms with van der Waals surface area (Å²) >= 11 is 3.37. The molecule has 88 valence electrons. The van der Waals surface area contributed by atoms with Gasteiger partial charge in [-0.25, -0.2) is 4.68 Å². The Balaban J connectivity index is 2.18. The molecule has 0 saturated carbocycles. The zero-order chi connectivity index (χ0) is 12.3. The Morgan fingerprint density at radius 3 is 2.76 bits per heavy atom. The highest BCUT2D eigenvalue weighted by Crippen LogP contribution is 2.14. The molecule has 0 aliphatic carbocycles.